The van der Waals surface area contributed by atoms with E-state index in [1.54, 1.807) is 30.3 Å². The van der Waals surface area contributed by atoms with E-state index in [-0.39, 0.29) is 5.75 Å². The van der Waals surface area contributed by atoms with E-state index in [0.29, 0.717) is 16.8 Å². The zero-order chi connectivity index (χ0) is 14.8. The van der Waals surface area contributed by atoms with Gasteiger partial charge >= 0.3 is 5.97 Å². The predicted octanol–water partition coefficient (Wildman–Crippen LogP) is 3.34. The molecular weight excluding hydrogens is 381 g/mol. The highest BCUT2D eigenvalue weighted by Gasteiger charge is 2.27. The lowest BCUT2D eigenvalue weighted by Gasteiger charge is -2.02. The molecular formula is C16H10INO3. The number of aromatic hydroxyl groups is 1. The molecule has 21 heavy (non-hydrogen) atoms. The third-order valence-corrected chi connectivity index (χ3v) is 3.70. The van der Waals surface area contributed by atoms with Crippen LogP contribution in [0.2, 0.25) is 0 Å². The van der Waals surface area contributed by atoms with Crippen molar-refractivity contribution in [3.05, 3.63) is 68.8 Å². The first kappa shape index (κ1) is 13.8. The number of para-hydroxylation sites is 1. The number of halogens is 1. The first-order chi connectivity index (χ1) is 10.1. The summed E-state index contributed by atoms with van der Waals surface area (Å²) < 4.78 is 1.04. The molecule has 0 saturated heterocycles. The second kappa shape index (κ2) is 5.69. The Labute approximate surface area is 134 Å². The van der Waals surface area contributed by atoms with Crippen molar-refractivity contribution in [2.24, 2.45) is 5.16 Å². The molecule has 0 fully saturated rings. The Morgan fingerprint density at radius 2 is 1.95 bits per heavy atom. The zero-order valence-electron chi connectivity index (χ0n) is 10.8. The Bertz CT molecular complexity index is 781. The average molecular weight is 391 g/mol. The van der Waals surface area contributed by atoms with E-state index in [0.717, 1.165) is 9.13 Å². The number of nitrogens with zero attached hydrogens (tertiary/aromatic N) is 1. The molecule has 0 bridgehead atoms. The Kier molecular flexibility index (Phi) is 3.74. The largest absolute Gasteiger partial charge is 0.507 e. The molecule has 1 aliphatic rings. The third-order valence-electron chi connectivity index (χ3n) is 3.03. The van der Waals surface area contributed by atoms with Gasteiger partial charge in [-0.05, 0) is 46.9 Å². The summed E-state index contributed by atoms with van der Waals surface area (Å²) >= 11 is 2.19. The van der Waals surface area contributed by atoms with Crippen LogP contribution >= 0.6 is 22.6 Å². The van der Waals surface area contributed by atoms with Crippen molar-refractivity contribution >= 4 is 40.3 Å². The molecule has 0 unspecified atom stereocenters. The van der Waals surface area contributed by atoms with Gasteiger partial charge in [0.25, 0.3) is 0 Å². The quantitative estimate of drug-likeness (QED) is 0.486. The van der Waals surface area contributed by atoms with Crippen LogP contribution in [0, 0.1) is 3.57 Å². The first-order valence-electron chi connectivity index (χ1n) is 6.20. The molecule has 1 heterocycles. The van der Waals surface area contributed by atoms with Gasteiger partial charge in [0.15, 0.2) is 0 Å². The van der Waals surface area contributed by atoms with Gasteiger partial charge in [-0.1, -0.05) is 35.5 Å². The minimum Gasteiger partial charge on any atom is -0.507 e. The van der Waals surface area contributed by atoms with Crippen molar-refractivity contribution in [1.82, 2.24) is 0 Å². The van der Waals surface area contributed by atoms with E-state index >= 15 is 0 Å². The second-order valence-corrected chi connectivity index (χ2v) is 5.69. The van der Waals surface area contributed by atoms with Crippen molar-refractivity contribution in [2.75, 3.05) is 0 Å². The molecule has 0 spiro atoms. The van der Waals surface area contributed by atoms with Gasteiger partial charge in [-0.25, -0.2) is 4.79 Å². The molecule has 1 N–H and O–H groups in total. The van der Waals surface area contributed by atoms with E-state index in [9.17, 15) is 9.90 Å². The standard InChI is InChI=1S/C16H10INO3/c17-12-6-3-5-11(8-12)15-13(16(20)21-18-15)9-10-4-1-2-7-14(10)19/h1-9,19H. The minimum absolute atomic E-state index is 0.103. The van der Waals surface area contributed by atoms with Gasteiger partial charge in [0.1, 0.15) is 11.5 Å². The Balaban J connectivity index is 2.06. The van der Waals surface area contributed by atoms with E-state index < -0.39 is 5.97 Å². The lowest BCUT2D eigenvalue weighted by atomic mass is 10.0. The van der Waals surface area contributed by atoms with Crippen LogP contribution in [0.5, 0.6) is 5.75 Å². The van der Waals surface area contributed by atoms with Crippen LogP contribution in [-0.4, -0.2) is 16.8 Å². The van der Waals surface area contributed by atoms with Crippen molar-refractivity contribution in [2.45, 2.75) is 0 Å². The van der Waals surface area contributed by atoms with Gasteiger partial charge in [-0.15, -0.1) is 0 Å². The maximum absolute atomic E-state index is 11.9. The minimum atomic E-state index is -0.521. The van der Waals surface area contributed by atoms with Crippen molar-refractivity contribution in [1.29, 1.82) is 0 Å². The van der Waals surface area contributed by atoms with E-state index in [2.05, 4.69) is 27.7 Å². The number of hydrogen-bond acceptors (Lipinski definition) is 4. The summed E-state index contributed by atoms with van der Waals surface area (Å²) in [7, 11) is 0. The third kappa shape index (κ3) is 2.82. The van der Waals surface area contributed by atoms with Gasteiger partial charge in [-0.3, -0.25) is 0 Å². The highest BCUT2D eigenvalue weighted by atomic mass is 127. The molecule has 2 aromatic carbocycles. The van der Waals surface area contributed by atoms with E-state index in [4.69, 9.17) is 4.84 Å². The molecule has 104 valence electrons. The number of hydrogen-bond donors (Lipinski definition) is 1. The number of carbonyl (C=O) groups excluding carboxylic acids is 1. The van der Waals surface area contributed by atoms with Gasteiger partial charge in [-0.2, -0.15) is 0 Å². The normalized spacial score (nSPS) is 16.0. The highest BCUT2D eigenvalue weighted by molar-refractivity contribution is 14.1. The number of benzene rings is 2. The summed E-state index contributed by atoms with van der Waals surface area (Å²) in [6, 6.07) is 14.4. The predicted molar refractivity (Wildman–Crippen MR) is 87.9 cm³/mol. The highest BCUT2D eigenvalue weighted by Crippen LogP contribution is 2.25. The summed E-state index contributed by atoms with van der Waals surface area (Å²) in [6.07, 6.45) is 1.59. The molecule has 2 aromatic rings. The molecule has 0 amide bonds. The Morgan fingerprint density at radius 1 is 1.14 bits per heavy atom. The lowest BCUT2D eigenvalue weighted by molar-refractivity contribution is -0.136. The van der Waals surface area contributed by atoms with Crippen molar-refractivity contribution in [3.8, 4) is 5.75 Å². The number of oxime groups is 1. The fraction of sp³-hybridized carbons (Fsp3) is 0. The first-order valence-corrected chi connectivity index (χ1v) is 7.28. The lowest BCUT2D eigenvalue weighted by Crippen LogP contribution is -2.07. The van der Waals surface area contributed by atoms with Gasteiger partial charge in [0.2, 0.25) is 0 Å². The van der Waals surface area contributed by atoms with Crippen LogP contribution in [0.15, 0.2) is 59.3 Å². The number of phenols is 1. The summed E-state index contributed by atoms with van der Waals surface area (Å²) in [5.74, 6) is -0.418. The van der Waals surface area contributed by atoms with E-state index in [1.807, 2.05) is 24.3 Å². The summed E-state index contributed by atoms with van der Waals surface area (Å²) in [5.41, 5.74) is 2.15. The second-order valence-electron chi connectivity index (χ2n) is 4.45. The Morgan fingerprint density at radius 3 is 2.71 bits per heavy atom. The molecule has 3 rings (SSSR count). The SMILES string of the molecule is O=C1ON=C(c2cccc(I)c2)C1=Cc1ccccc1O. The smallest absolute Gasteiger partial charge is 0.368 e. The van der Waals surface area contributed by atoms with Crippen molar-refractivity contribution in [3.63, 3.8) is 0 Å². The molecule has 0 atom stereocenters. The number of phenolic OH excluding ortho intramolecular Hbond substituents is 1. The molecule has 4 nitrogen and oxygen atoms in total. The zero-order valence-corrected chi connectivity index (χ0v) is 12.9. The van der Waals surface area contributed by atoms with Crippen LogP contribution in [0.1, 0.15) is 11.1 Å². The van der Waals surface area contributed by atoms with E-state index in [1.165, 1.54) is 0 Å². The van der Waals surface area contributed by atoms with Gasteiger partial charge in [0.05, 0.1) is 5.57 Å². The van der Waals surface area contributed by atoms with Gasteiger partial charge < -0.3 is 9.94 Å². The van der Waals surface area contributed by atoms with Crippen LogP contribution < -0.4 is 0 Å². The topological polar surface area (TPSA) is 58.9 Å². The molecule has 0 aromatic heterocycles. The van der Waals surface area contributed by atoms with Crippen LogP contribution in [0.25, 0.3) is 6.08 Å². The maximum atomic E-state index is 11.9. The average Bonchev–Trinajstić information content (AvgIpc) is 2.83. The maximum Gasteiger partial charge on any atom is 0.368 e. The molecule has 1 aliphatic heterocycles. The van der Waals surface area contributed by atoms with Gasteiger partial charge in [0, 0.05) is 14.7 Å². The fourth-order valence-corrected chi connectivity index (χ4v) is 2.56. The summed E-state index contributed by atoms with van der Waals surface area (Å²) in [6.45, 7) is 0. The molecule has 5 heteroatoms. The Hall–Kier alpha value is -2.15. The van der Waals surface area contributed by atoms with Crippen LogP contribution in [0.3, 0.4) is 0 Å². The van der Waals surface area contributed by atoms with Crippen LogP contribution in [-0.2, 0) is 9.63 Å². The van der Waals surface area contributed by atoms with Crippen molar-refractivity contribution < 1.29 is 14.7 Å². The number of rotatable bonds is 2. The monoisotopic (exact) mass is 391 g/mol. The number of carbonyl (C=O) groups is 1. The molecule has 0 saturated carbocycles. The molecule has 0 aliphatic carbocycles. The molecule has 0 radical (unpaired) electrons. The fourth-order valence-electron chi connectivity index (χ4n) is 2.02. The van der Waals surface area contributed by atoms with Crippen LogP contribution in [0.4, 0.5) is 0 Å². The summed E-state index contributed by atoms with van der Waals surface area (Å²) in [5, 5.41) is 13.7. The summed E-state index contributed by atoms with van der Waals surface area (Å²) in [4.78, 5) is 16.7.